The van der Waals surface area contributed by atoms with Gasteiger partial charge in [0, 0.05) is 31.8 Å². The van der Waals surface area contributed by atoms with E-state index in [-0.39, 0.29) is 17.7 Å². The molecule has 2 heterocycles. The van der Waals surface area contributed by atoms with E-state index in [1.165, 1.54) is 0 Å². The normalized spacial score (nSPS) is 30.4. The van der Waals surface area contributed by atoms with Crippen LogP contribution in [0.2, 0.25) is 0 Å². The number of aromatic nitrogens is 1. The molecule has 128 valence electrons. The van der Waals surface area contributed by atoms with Crippen molar-refractivity contribution in [3.05, 3.63) is 42.3 Å². The Labute approximate surface area is 142 Å². The van der Waals surface area contributed by atoms with Gasteiger partial charge in [-0.25, -0.2) is 4.98 Å². The molecular weight excluding hydrogens is 304 g/mol. The van der Waals surface area contributed by atoms with Crippen molar-refractivity contribution < 1.29 is 14.3 Å². The zero-order valence-electron chi connectivity index (χ0n) is 14.0. The Hall–Kier alpha value is -1.69. The molecule has 1 aliphatic heterocycles. The van der Waals surface area contributed by atoms with Crippen molar-refractivity contribution >= 4 is 0 Å². The van der Waals surface area contributed by atoms with Crippen molar-refractivity contribution in [3.63, 3.8) is 0 Å². The average molecular weight is 328 g/mol. The molecule has 24 heavy (non-hydrogen) atoms. The number of likely N-dealkylation sites (tertiary alicyclic amines) is 1. The zero-order valence-corrected chi connectivity index (χ0v) is 14.0. The third-order valence-corrected chi connectivity index (χ3v) is 5.61. The lowest BCUT2D eigenvalue weighted by Gasteiger charge is -2.42. The predicted octanol–water partition coefficient (Wildman–Crippen LogP) is 2.85. The minimum Gasteiger partial charge on any atom is -0.444 e. The zero-order chi connectivity index (χ0) is 16.6. The van der Waals surface area contributed by atoms with E-state index < -0.39 is 0 Å². The fourth-order valence-electron chi connectivity index (χ4n) is 4.26. The third-order valence-electron chi connectivity index (χ3n) is 5.61. The molecule has 0 amide bonds. The van der Waals surface area contributed by atoms with Crippen molar-refractivity contribution in [1.29, 1.82) is 0 Å². The Morgan fingerprint density at radius 3 is 2.96 bits per heavy atom. The predicted molar refractivity (Wildman–Crippen MR) is 90.4 cm³/mol. The number of hydrogen-bond donors (Lipinski definition) is 1. The topological polar surface area (TPSA) is 58.7 Å². The summed E-state index contributed by atoms with van der Waals surface area (Å²) >= 11 is 0. The maximum Gasteiger partial charge on any atom is 0.226 e. The molecule has 1 aromatic heterocycles. The maximum absolute atomic E-state index is 10.1. The molecule has 3 atom stereocenters. The molecule has 1 aromatic carbocycles. The van der Waals surface area contributed by atoms with Gasteiger partial charge in [-0.2, -0.15) is 0 Å². The second kappa shape index (κ2) is 6.31. The lowest BCUT2D eigenvalue weighted by atomic mass is 9.79. The number of benzene rings is 1. The Bertz CT molecular complexity index is 687. The van der Waals surface area contributed by atoms with E-state index in [2.05, 4.69) is 9.88 Å². The first kappa shape index (κ1) is 15.8. The van der Waals surface area contributed by atoms with Crippen LogP contribution in [0.1, 0.15) is 31.4 Å². The number of fused-ring (bicyclic) bond motifs is 1. The summed E-state index contributed by atoms with van der Waals surface area (Å²) in [6.07, 6.45) is 5.08. The van der Waals surface area contributed by atoms with E-state index in [1.54, 1.807) is 13.4 Å². The van der Waals surface area contributed by atoms with Crippen LogP contribution in [0.5, 0.6) is 0 Å². The summed E-state index contributed by atoms with van der Waals surface area (Å²) in [7, 11) is 1.80. The minimum absolute atomic E-state index is 0.106. The third kappa shape index (κ3) is 2.77. The van der Waals surface area contributed by atoms with Gasteiger partial charge in [-0.3, -0.25) is 4.90 Å². The Morgan fingerprint density at radius 1 is 1.33 bits per heavy atom. The van der Waals surface area contributed by atoms with Crippen LogP contribution < -0.4 is 0 Å². The highest BCUT2D eigenvalue weighted by molar-refractivity contribution is 5.52. The number of rotatable bonds is 4. The SMILES string of the molecule is CO[C@]12CC[C@H](O)C[C@H]1N(Cc1coc(-c3ccccc3)n1)CC2. The number of ether oxygens (including phenoxy) is 1. The molecule has 1 saturated heterocycles. The highest BCUT2D eigenvalue weighted by atomic mass is 16.5. The number of aliphatic hydroxyl groups excluding tert-OH is 1. The Kier molecular flexibility index (Phi) is 4.16. The second-order valence-corrected chi connectivity index (χ2v) is 6.94. The average Bonchev–Trinajstić information content (AvgIpc) is 3.22. The van der Waals surface area contributed by atoms with E-state index in [1.807, 2.05) is 30.3 Å². The molecule has 1 N–H and O–H groups in total. The molecule has 1 aliphatic carbocycles. The summed E-state index contributed by atoms with van der Waals surface area (Å²) in [5.74, 6) is 0.659. The smallest absolute Gasteiger partial charge is 0.226 e. The molecule has 0 unspecified atom stereocenters. The Balaban J connectivity index is 1.51. The van der Waals surface area contributed by atoms with Crippen LogP contribution in [0.25, 0.3) is 11.5 Å². The quantitative estimate of drug-likeness (QED) is 0.935. The van der Waals surface area contributed by atoms with Gasteiger partial charge < -0.3 is 14.3 Å². The van der Waals surface area contributed by atoms with Crippen molar-refractivity contribution in [1.82, 2.24) is 9.88 Å². The molecule has 5 heteroatoms. The van der Waals surface area contributed by atoms with Crippen molar-refractivity contribution in [2.45, 2.75) is 50.0 Å². The molecule has 0 radical (unpaired) electrons. The fourth-order valence-corrected chi connectivity index (χ4v) is 4.26. The van der Waals surface area contributed by atoms with E-state index in [4.69, 9.17) is 9.15 Å². The van der Waals surface area contributed by atoms with Crippen LogP contribution in [0.4, 0.5) is 0 Å². The minimum atomic E-state index is -0.226. The molecule has 0 bridgehead atoms. The van der Waals surface area contributed by atoms with Crippen LogP contribution in [0.15, 0.2) is 41.0 Å². The second-order valence-electron chi connectivity index (χ2n) is 6.94. The van der Waals surface area contributed by atoms with Crippen molar-refractivity contribution in [2.24, 2.45) is 0 Å². The number of nitrogens with zero attached hydrogens (tertiary/aromatic N) is 2. The van der Waals surface area contributed by atoms with Crippen LogP contribution in [0, 0.1) is 0 Å². The van der Waals surface area contributed by atoms with Gasteiger partial charge in [0.25, 0.3) is 0 Å². The number of oxazole rings is 1. The van der Waals surface area contributed by atoms with Gasteiger partial charge in [-0.1, -0.05) is 18.2 Å². The van der Waals surface area contributed by atoms with Gasteiger partial charge in [-0.05, 0) is 37.8 Å². The highest BCUT2D eigenvalue weighted by Gasteiger charge is 2.50. The van der Waals surface area contributed by atoms with Crippen LogP contribution in [-0.4, -0.2) is 46.4 Å². The maximum atomic E-state index is 10.1. The molecule has 4 rings (SSSR count). The summed E-state index contributed by atoms with van der Waals surface area (Å²) in [6.45, 7) is 1.71. The van der Waals surface area contributed by atoms with Crippen molar-refractivity contribution in [2.75, 3.05) is 13.7 Å². The van der Waals surface area contributed by atoms with E-state index in [0.29, 0.717) is 5.89 Å². The highest BCUT2D eigenvalue weighted by Crippen LogP contribution is 2.42. The Morgan fingerprint density at radius 2 is 2.17 bits per heavy atom. The van der Waals surface area contributed by atoms with Crippen molar-refractivity contribution in [3.8, 4) is 11.5 Å². The monoisotopic (exact) mass is 328 g/mol. The number of methoxy groups -OCH3 is 1. The molecule has 1 saturated carbocycles. The summed E-state index contributed by atoms with van der Waals surface area (Å²) in [5.41, 5.74) is 1.82. The summed E-state index contributed by atoms with van der Waals surface area (Å²) in [4.78, 5) is 7.02. The standard InChI is InChI=1S/C19H24N2O3/c1-23-19-8-7-16(22)11-17(19)21(10-9-19)12-15-13-24-18(20-15)14-5-3-2-4-6-14/h2-6,13,16-17,22H,7-12H2,1H3/t16-,17+,19-/m0/s1. The summed E-state index contributed by atoms with van der Waals surface area (Å²) in [5, 5.41) is 10.1. The number of hydrogen-bond acceptors (Lipinski definition) is 5. The summed E-state index contributed by atoms with van der Waals surface area (Å²) < 4.78 is 11.5. The first-order valence-corrected chi connectivity index (χ1v) is 8.67. The number of aliphatic hydroxyl groups is 1. The molecule has 5 nitrogen and oxygen atoms in total. The van der Waals surface area contributed by atoms with Gasteiger partial charge >= 0.3 is 0 Å². The molecule has 2 fully saturated rings. The largest absolute Gasteiger partial charge is 0.444 e. The van der Waals surface area contributed by atoms with Crippen LogP contribution in [-0.2, 0) is 11.3 Å². The van der Waals surface area contributed by atoms with E-state index >= 15 is 0 Å². The van der Waals surface area contributed by atoms with Gasteiger partial charge in [0.1, 0.15) is 6.26 Å². The molecule has 2 aliphatic rings. The van der Waals surface area contributed by atoms with Gasteiger partial charge in [0.05, 0.1) is 17.4 Å². The first-order chi connectivity index (χ1) is 11.7. The van der Waals surface area contributed by atoms with Gasteiger partial charge in [0.2, 0.25) is 5.89 Å². The van der Waals surface area contributed by atoms with E-state index in [9.17, 15) is 5.11 Å². The molecule has 0 spiro atoms. The molecule has 2 aromatic rings. The van der Waals surface area contributed by atoms with Crippen LogP contribution in [0.3, 0.4) is 0 Å². The first-order valence-electron chi connectivity index (χ1n) is 8.67. The fraction of sp³-hybridized carbons (Fsp3) is 0.526. The van der Waals surface area contributed by atoms with Crippen LogP contribution >= 0.6 is 0 Å². The van der Waals surface area contributed by atoms with Gasteiger partial charge in [-0.15, -0.1) is 0 Å². The lowest BCUT2D eigenvalue weighted by Crippen LogP contribution is -2.51. The van der Waals surface area contributed by atoms with E-state index in [0.717, 1.165) is 50.0 Å². The summed E-state index contributed by atoms with van der Waals surface area (Å²) in [6, 6.07) is 10.2. The van der Waals surface area contributed by atoms with Gasteiger partial charge in [0.15, 0.2) is 0 Å². The lowest BCUT2D eigenvalue weighted by molar-refractivity contribution is -0.0880. The molecular formula is C19H24N2O3.